The van der Waals surface area contributed by atoms with Crippen LogP contribution in [0.5, 0.6) is 0 Å². The number of nitriles is 1. The van der Waals surface area contributed by atoms with Crippen LogP contribution in [0.4, 0.5) is 0 Å². The third-order valence-corrected chi connectivity index (χ3v) is 3.61. The normalized spacial score (nSPS) is 29.4. The number of ether oxygens (including phenoxy) is 1. The molecule has 0 aromatic rings. The second kappa shape index (κ2) is 5.13. The molecule has 0 bridgehead atoms. The zero-order valence-electron chi connectivity index (χ0n) is 10.0. The maximum absolute atomic E-state index is 9.04. The maximum atomic E-state index is 9.04. The lowest BCUT2D eigenvalue weighted by Crippen LogP contribution is -2.50. The highest BCUT2D eigenvalue weighted by molar-refractivity contribution is 5.05. The van der Waals surface area contributed by atoms with Crippen molar-refractivity contribution in [2.45, 2.75) is 12.8 Å². The molecule has 2 fully saturated rings. The third-order valence-electron chi connectivity index (χ3n) is 3.61. The van der Waals surface area contributed by atoms with Gasteiger partial charge in [0.25, 0.3) is 0 Å². The fraction of sp³-hybridized carbons (Fsp3) is 0.917. The molecule has 4 nitrogen and oxygen atoms in total. The molecular weight excluding hydrogens is 202 g/mol. The molecule has 0 saturated carbocycles. The van der Waals surface area contributed by atoms with Gasteiger partial charge in [-0.3, -0.25) is 0 Å². The van der Waals surface area contributed by atoms with Crippen molar-refractivity contribution < 1.29 is 4.74 Å². The number of piperidine rings is 1. The topological polar surface area (TPSA) is 48.3 Å². The molecule has 0 aromatic carbocycles. The van der Waals surface area contributed by atoms with Crippen molar-refractivity contribution in [1.82, 2.24) is 10.2 Å². The first-order valence-electron chi connectivity index (χ1n) is 6.12. The molecule has 0 spiro atoms. The molecule has 0 amide bonds. The van der Waals surface area contributed by atoms with Gasteiger partial charge in [-0.15, -0.1) is 0 Å². The first-order chi connectivity index (χ1) is 7.74. The summed E-state index contributed by atoms with van der Waals surface area (Å²) in [4.78, 5) is 2.39. The predicted molar refractivity (Wildman–Crippen MR) is 62.0 cm³/mol. The number of hydrogen-bond acceptors (Lipinski definition) is 4. The summed E-state index contributed by atoms with van der Waals surface area (Å²) in [5, 5.41) is 12.5. The van der Waals surface area contributed by atoms with Gasteiger partial charge in [0.05, 0.1) is 19.3 Å². The molecule has 2 rings (SSSR count). The average molecular weight is 223 g/mol. The van der Waals surface area contributed by atoms with E-state index in [1.54, 1.807) is 0 Å². The Bertz CT molecular complexity index is 270. The molecule has 4 heteroatoms. The molecule has 1 atom stereocenters. The van der Waals surface area contributed by atoms with Crippen LogP contribution in [0, 0.1) is 22.7 Å². The predicted octanol–water partition coefficient (Wildman–Crippen LogP) is 0.458. The average Bonchev–Trinajstić information content (AvgIpc) is 2.22. The van der Waals surface area contributed by atoms with Crippen molar-refractivity contribution in [2.24, 2.45) is 11.3 Å². The summed E-state index contributed by atoms with van der Waals surface area (Å²) in [6.45, 7) is 5.43. The Morgan fingerprint density at radius 1 is 1.56 bits per heavy atom. The minimum atomic E-state index is -0.236. The molecule has 2 heterocycles. The van der Waals surface area contributed by atoms with Crippen LogP contribution in [0.1, 0.15) is 12.8 Å². The molecule has 16 heavy (non-hydrogen) atoms. The highest BCUT2D eigenvalue weighted by Crippen LogP contribution is 2.25. The van der Waals surface area contributed by atoms with Gasteiger partial charge in [0, 0.05) is 13.1 Å². The Hall–Kier alpha value is -0.630. The fourth-order valence-corrected chi connectivity index (χ4v) is 2.51. The zero-order valence-corrected chi connectivity index (χ0v) is 10.0. The van der Waals surface area contributed by atoms with Crippen LogP contribution >= 0.6 is 0 Å². The van der Waals surface area contributed by atoms with Crippen LogP contribution in [0.3, 0.4) is 0 Å². The first-order valence-corrected chi connectivity index (χ1v) is 6.12. The van der Waals surface area contributed by atoms with Crippen LogP contribution < -0.4 is 5.32 Å². The summed E-state index contributed by atoms with van der Waals surface area (Å²) in [5.74, 6) is 0.746. The van der Waals surface area contributed by atoms with E-state index in [0.29, 0.717) is 13.2 Å². The van der Waals surface area contributed by atoms with Crippen molar-refractivity contribution >= 4 is 0 Å². The zero-order chi connectivity index (χ0) is 11.4. The first kappa shape index (κ1) is 11.8. The molecule has 0 aromatic heterocycles. The summed E-state index contributed by atoms with van der Waals surface area (Å²) >= 11 is 0. The van der Waals surface area contributed by atoms with E-state index in [1.165, 1.54) is 25.9 Å². The van der Waals surface area contributed by atoms with Crippen molar-refractivity contribution in [3.8, 4) is 6.07 Å². The van der Waals surface area contributed by atoms with Crippen molar-refractivity contribution in [2.75, 3.05) is 46.4 Å². The molecule has 2 aliphatic heterocycles. The van der Waals surface area contributed by atoms with Gasteiger partial charge in [-0.25, -0.2) is 0 Å². The van der Waals surface area contributed by atoms with E-state index in [4.69, 9.17) is 10.00 Å². The van der Waals surface area contributed by atoms with E-state index >= 15 is 0 Å². The molecular formula is C12H21N3O. The summed E-state index contributed by atoms with van der Waals surface area (Å²) in [6.07, 6.45) is 2.61. The lowest BCUT2D eigenvalue weighted by molar-refractivity contribution is -0.0758. The number of rotatable bonds is 4. The second-order valence-electron chi connectivity index (χ2n) is 5.29. The van der Waals surface area contributed by atoms with Gasteiger partial charge >= 0.3 is 0 Å². The van der Waals surface area contributed by atoms with E-state index in [2.05, 4.69) is 23.3 Å². The molecule has 1 N–H and O–H groups in total. The summed E-state index contributed by atoms with van der Waals surface area (Å²) in [6, 6.07) is 2.36. The van der Waals surface area contributed by atoms with Crippen LogP contribution in [-0.4, -0.2) is 51.3 Å². The van der Waals surface area contributed by atoms with Gasteiger partial charge in [0.15, 0.2) is 0 Å². The smallest absolute Gasteiger partial charge is 0.116 e. The summed E-state index contributed by atoms with van der Waals surface area (Å²) in [7, 11) is 2.18. The molecule has 1 unspecified atom stereocenters. The molecule has 0 radical (unpaired) electrons. The Balaban J connectivity index is 1.66. The van der Waals surface area contributed by atoms with Crippen LogP contribution in [-0.2, 0) is 4.74 Å². The standard InChI is InChI=1S/C12H21N3O/c1-15-4-2-3-11(6-15)5-14-8-12(7-13)9-16-10-12/h11,14H,2-6,8-10H2,1H3. The monoisotopic (exact) mass is 223 g/mol. The minimum Gasteiger partial charge on any atom is -0.378 e. The van der Waals surface area contributed by atoms with Gasteiger partial charge < -0.3 is 15.0 Å². The van der Waals surface area contributed by atoms with Crippen molar-refractivity contribution in [3.05, 3.63) is 0 Å². The van der Waals surface area contributed by atoms with E-state index < -0.39 is 0 Å². The minimum absolute atomic E-state index is 0.236. The van der Waals surface area contributed by atoms with E-state index in [-0.39, 0.29) is 5.41 Å². The molecule has 2 aliphatic rings. The van der Waals surface area contributed by atoms with Gasteiger partial charge in [0.2, 0.25) is 0 Å². The summed E-state index contributed by atoms with van der Waals surface area (Å²) < 4.78 is 5.12. The van der Waals surface area contributed by atoms with Crippen LogP contribution in [0.15, 0.2) is 0 Å². The number of nitrogens with one attached hydrogen (secondary N) is 1. The Kier molecular flexibility index (Phi) is 3.80. The second-order valence-corrected chi connectivity index (χ2v) is 5.29. The quantitative estimate of drug-likeness (QED) is 0.752. The summed E-state index contributed by atoms with van der Waals surface area (Å²) in [5.41, 5.74) is -0.236. The lowest BCUT2D eigenvalue weighted by atomic mass is 9.87. The fourth-order valence-electron chi connectivity index (χ4n) is 2.51. The third kappa shape index (κ3) is 2.73. The van der Waals surface area contributed by atoms with E-state index in [1.807, 2.05) is 0 Å². The van der Waals surface area contributed by atoms with Crippen LogP contribution in [0.2, 0.25) is 0 Å². The molecule has 0 aliphatic carbocycles. The largest absolute Gasteiger partial charge is 0.378 e. The Morgan fingerprint density at radius 3 is 2.94 bits per heavy atom. The molecule has 2 saturated heterocycles. The molecule has 90 valence electrons. The van der Waals surface area contributed by atoms with Gasteiger partial charge in [-0.1, -0.05) is 0 Å². The van der Waals surface area contributed by atoms with Gasteiger partial charge in [-0.05, 0) is 38.9 Å². The highest BCUT2D eigenvalue weighted by atomic mass is 16.5. The number of hydrogen-bond donors (Lipinski definition) is 1. The highest BCUT2D eigenvalue weighted by Gasteiger charge is 2.38. The lowest BCUT2D eigenvalue weighted by Gasteiger charge is -2.36. The Labute approximate surface area is 97.6 Å². The van der Waals surface area contributed by atoms with Crippen LogP contribution in [0.25, 0.3) is 0 Å². The van der Waals surface area contributed by atoms with Crippen molar-refractivity contribution in [3.63, 3.8) is 0 Å². The van der Waals surface area contributed by atoms with E-state index in [0.717, 1.165) is 19.0 Å². The van der Waals surface area contributed by atoms with Crippen molar-refractivity contribution in [1.29, 1.82) is 5.26 Å². The SMILES string of the molecule is CN1CCCC(CNCC2(C#N)COC2)C1. The van der Waals surface area contributed by atoms with E-state index in [9.17, 15) is 0 Å². The van der Waals surface area contributed by atoms with Gasteiger partial charge in [0.1, 0.15) is 5.41 Å². The number of nitrogens with zero attached hydrogens (tertiary/aromatic N) is 2. The Morgan fingerprint density at radius 2 is 2.38 bits per heavy atom. The number of likely N-dealkylation sites (tertiary alicyclic amines) is 1. The van der Waals surface area contributed by atoms with Gasteiger partial charge in [-0.2, -0.15) is 5.26 Å². The maximum Gasteiger partial charge on any atom is 0.116 e.